The minimum absolute atomic E-state index is 0.0921. The zero-order valence-electron chi connectivity index (χ0n) is 16.2. The molecule has 0 unspecified atom stereocenters. The minimum Gasteiger partial charge on any atom is -0.334 e. The molecule has 8 nitrogen and oxygen atoms in total. The first-order valence-electron chi connectivity index (χ1n) is 9.75. The lowest BCUT2D eigenvalue weighted by Crippen LogP contribution is -2.50. The Balaban J connectivity index is 1.39. The van der Waals surface area contributed by atoms with Crippen LogP contribution in [0.3, 0.4) is 0 Å². The standard InChI is InChI=1S/C19H25N5O3S/c1-3-23(4-2)28(26,27)17-9-7-15(8-10-17)19(25)22-11-16(12-22)24-13-18(20-21-24)14-5-6-14/h7-10,13-14,16H,3-6,11-12H2,1-2H3. The third-order valence-electron chi connectivity index (χ3n) is 5.49. The number of rotatable bonds is 7. The molecule has 9 heteroatoms. The molecule has 150 valence electrons. The SMILES string of the molecule is CCN(CC)S(=O)(=O)c1ccc(C(=O)N2CC(n3cc(C4CC4)nn3)C2)cc1. The fourth-order valence-corrected chi connectivity index (χ4v) is 4.95. The summed E-state index contributed by atoms with van der Waals surface area (Å²) in [5.74, 6) is 0.475. The molecule has 2 fully saturated rings. The maximum Gasteiger partial charge on any atom is 0.254 e. The normalized spacial score (nSPS) is 17.8. The number of benzene rings is 1. The topological polar surface area (TPSA) is 88.4 Å². The van der Waals surface area contributed by atoms with Crippen molar-refractivity contribution in [2.45, 2.75) is 43.5 Å². The van der Waals surface area contributed by atoms with Gasteiger partial charge in [-0.1, -0.05) is 19.1 Å². The van der Waals surface area contributed by atoms with Gasteiger partial charge < -0.3 is 4.90 Å². The molecular weight excluding hydrogens is 378 g/mol. The summed E-state index contributed by atoms with van der Waals surface area (Å²) in [6.45, 7) is 5.63. The third kappa shape index (κ3) is 3.44. The van der Waals surface area contributed by atoms with Crippen molar-refractivity contribution in [2.24, 2.45) is 0 Å². The van der Waals surface area contributed by atoms with E-state index in [2.05, 4.69) is 10.3 Å². The highest BCUT2D eigenvalue weighted by atomic mass is 32.2. The van der Waals surface area contributed by atoms with Gasteiger partial charge in [0.25, 0.3) is 5.91 Å². The molecule has 1 aliphatic carbocycles. The number of hydrogen-bond acceptors (Lipinski definition) is 5. The van der Waals surface area contributed by atoms with Gasteiger partial charge in [-0.15, -0.1) is 5.10 Å². The monoisotopic (exact) mass is 403 g/mol. The first kappa shape index (κ1) is 19.1. The van der Waals surface area contributed by atoms with Crippen LogP contribution >= 0.6 is 0 Å². The minimum atomic E-state index is -3.51. The van der Waals surface area contributed by atoms with Gasteiger partial charge in [0.1, 0.15) is 0 Å². The second-order valence-corrected chi connectivity index (χ2v) is 9.31. The molecule has 0 radical (unpaired) electrons. The van der Waals surface area contributed by atoms with Crippen molar-refractivity contribution in [3.05, 3.63) is 41.7 Å². The van der Waals surface area contributed by atoms with Crippen LogP contribution in [-0.2, 0) is 10.0 Å². The Kier molecular flexibility index (Phi) is 4.96. The molecule has 1 saturated carbocycles. The van der Waals surface area contributed by atoms with Gasteiger partial charge in [0.2, 0.25) is 10.0 Å². The van der Waals surface area contributed by atoms with Crippen molar-refractivity contribution in [3.63, 3.8) is 0 Å². The molecule has 4 rings (SSSR count). The largest absolute Gasteiger partial charge is 0.334 e. The number of likely N-dealkylation sites (tertiary alicyclic amines) is 1. The van der Waals surface area contributed by atoms with Gasteiger partial charge in [-0.3, -0.25) is 4.79 Å². The highest BCUT2D eigenvalue weighted by Gasteiger charge is 2.35. The molecule has 2 aromatic rings. The molecule has 2 aliphatic rings. The van der Waals surface area contributed by atoms with E-state index < -0.39 is 10.0 Å². The number of hydrogen-bond donors (Lipinski definition) is 0. The third-order valence-corrected chi connectivity index (χ3v) is 7.56. The lowest BCUT2D eigenvalue weighted by atomic mass is 10.1. The Morgan fingerprint density at radius 3 is 2.36 bits per heavy atom. The lowest BCUT2D eigenvalue weighted by molar-refractivity contribution is 0.0498. The Morgan fingerprint density at radius 1 is 1.14 bits per heavy atom. The van der Waals surface area contributed by atoms with Gasteiger partial charge in [-0.2, -0.15) is 4.31 Å². The van der Waals surface area contributed by atoms with E-state index >= 15 is 0 Å². The van der Waals surface area contributed by atoms with E-state index in [-0.39, 0.29) is 16.8 Å². The summed E-state index contributed by atoms with van der Waals surface area (Å²) < 4.78 is 28.4. The number of nitrogens with zero attached hydrogens (tertiary/aromatic N) is 5. The van der Waals surface area contributed by atoms with Crippen LogP contribution in [0.5, 0.6) is 0 Å². The molecule has 2 heterocycles. The highest BCUT2D eigenvalue weighted by Crippen LogP contribution is 2.39. The van der Waals surface area contributed by atoms with E-state index in [0.717, 1.165) is 5.69 Å². The molecule has 0 N–H and O–H groups in total. The zero-order chi connectivity index (χ0) is 19.9. The zero-order valence-corrected chi connectivity index (χ0v) is 17.0. The number of sulfonamides is 1. The van der Waals surface area contributed by atoms with Crippen molar-refractivity contribution < 1.29 is 13.2 Å². The Morgan fingerprint density at radius 2 is 1.79 bits per heavy atom. The van der Waals surface area contributed by atoms with Crippen LogP contribution in [0.25, 0.3) is 0 Å². The highest BCUT2D eigenvalue weighted by molar-refractivity contribution is 7.89. The summed E-state index contributed by atoms with van der Waals surface area (Å²) in [6, 6.07) is 6.36. The second-order valence-electron chi connectivity index (χ2n) is 7.38. The van der Waals surface area contributed by atoms with Crippen LogP contribution in [0.1, 0.15) is 54.7 Å². The predicted octanol–water partition coefficient (Wildman–Crippen LogP) is 1.88. The fraction of sp³-hybridized carbons (Fsp3) is 0.526. The van der Waals surface area contributed by atoms with Crippen LogP contribution in [-0.4, -0.2) is 64.7 Å². The molecule has 1 saturated heterocycles. The van der Waals surface area contributed by atoms with Gasteiger partial charge in [0.05, 0.1) is 16.6 Å². The number of carbonyl (C=O) groups is 1. The summed E-state index contributed by atoms with van der Waals surface area (Å²) in [4.78, 5) is 14.6. The quantitative estimate of drug-likeness (QED) is 0.704. The smallest absolute Gasteiger partial charge is 0.254 e. The Bertz CT molecular complexity index is 956. The maximum absolute atomic E-state index is 12.7. The Hall–Kier alpha value is -2.26. The molecule has 1 aliphatic heterocycles. The van der Waals surface area contributed by atoms with Crippen LogP contribution in [0.15, 0.2) is 35.4 Å². The van der Waals surface area contributed by atoms with E-state index in [1.54, 1.807) is 17.0 Å². The summed E-state index contributed by atoms with van der Waals surface area (Å²) >= 11 is 0. The second kappa shape index (κ2) is 7.29. The molecule has 1 aromatic carbocycles. The molecule has 28 heavy (non-hydrogen) atoms. The average molecular weight is 404 g/mol. The number of carbonyl (C=O) groups excluding carboxylic acids is 1. The first-order chi connectivity index (χ1) is 13.4. The molecule has 0 spiro atoms. The molecule has 1 amide bonds. The Labute approximate surface area is 165 Å². The van der Waals surface area contributed by atoms with Gasteiger partial charge in [0, 0.05) is 43.9 Å². The predicted molar refractivity (Wildman–Crippen MR) is 103 cm³/mol. The molecule has 0 atom stereocenters. The van der Waals surface area contributed by atoms with E-state index in [0.29, 0.717) is 37.7 Å². The fourth-order valence-electron chi connectivity index (χ4n) is 3.49. The average Bonchev–Trinajstić information content (AvgIpc) is 3.40. The molecular formula is C19H25N5O3S. The van der Waals surface area contributed by atoms with Crippen molar-refractivity contribution in [3.8, 4) is 0 Å². The van der Waals surface area contributed by atoms with Crippen LogP contribution in [0.4, 0.5) is 0 Å². The van der Waals surface area contributed by atoms with Crippen molar-refractivity contribution >= 4 is 15.9 Å². The van der Waals surface area contributed by atoms with Gasteiger partial charge >= 0.3 is 0 Å². The summed E-state index contributed by atoms with van der Waals surface area (Å²) in [7, 11) is -3.51. The van der Waals surface area contributed by atoms with Crippen LogP contribution in [0.2, 0.25) is 0 Å². The summed E-state index contributed by atoms with van der Waals surface area (Å²) in [5.41, 5.74) is 1.55. The van der Waals surface area contributed by atoms with Crippen molar-refractivity contribution in [1.29, 1.82) is 0 Å². The lowest BCUT2D eigenvalue weighted by Gasteiger charge is -2.38. The van der Waals surface area contributed by atoms with Gasteiger partial charge in [-0.05, 0) is 37.1 Å². The summed E-state index contributed by atoms with van der Waals surface area (Å²) in [6.07, 6.45) is 4.37. The summed E-state index contributed by atoms with van der Waals surface area (Å²) in [5, 5.41) is 8.41. The van der Waals surface area contributed by atoms with E-state index in [4.69, 9.17) is 0 Å². The first-order valence-corrected chi connectivity index (χ1v) is 11.2. The van der Waals surface area contributed by atoms with Crippen LogP contribution < -0.4 is 0 Å². The van der Waals surface area contributed by atoms with Crippen LogP contribution in [0, 0.1) is 0 Å². The van der Waals surface area contributed by atoms with Gasteiger partial charge in [0.15, 0.2) is 0 Å². The molecule has 0 bridgehead atoms. The van der Waals surface area contributed by atoms with E-state index in [1.165, 1.54) is 29.3 Å². The van der Waals surface area contributed by atoms with Gasteiger partial charge in [-0.25, -0.2) is 13.1 Å². The maximum atomic E-state index is 12.7. The molecule has 1 aromatic heterocycles. The number of aromatic nitrogens is 3. The van der Waals surface area contributed by atoms with Crippen molar-refractivity contribution in [2.75, 3.05) is 26.2 Å². The van der Waals surface area contributed by atoms with E-state index in [1.807, 2.05) is 24.7 Å². The van der Waals surface area contributed by atoms with E-state index in [9.17, 15) is 13.2 Å². The van der Waals surface area contributed by atoms with Crippen molar-refractivity contribution in [1.82, 2.24) is 24.2 Å². The number of amides is 1.